The lowest BCUT2D eigenvalue weighted by Gasteiger charge is -2.38. The second kappa shape index (κ2) is 14.9. The molecule has 1 aromatic heterocycles. The van der Waals surface area contributed by atoms with Gasteiger partial charge >= 0.3 is 5.69 Å². The number of hydrogen-bond acceptors (Lipinski definition) is 11. The summed E-state index contributed by atoms with van der Waals surface area (Å²) in [5, 5.41) is 22.2. The van der Waals surface area contributed by atoms with Gasteiger partial charge in [-0.3, -0.25) is 19.0 Å². The third-order valence-electron chi connectivity index (χ3n) is 10.1. The van der Waals surface area contributed by atoms with E-state index >= 15 is 0 Å². The minimum absolute atomic E-state index is 0.0301. The number of carbonyl (C=O) groups is 2. The highest BCUT2D eigenvalue weighted by Crippen LogP contribution is 2.50. The van der Waals surface area contributed by atoms with E-state index in [1.807, 2.05) is 91.9 Å². The fraction of sp³-hybridized carbons (Fsp3) is 0.268. The van der Waals surface area contributed by atoms with E-state index in [1.54, 1.807) is 20.3 Å². The molecule has 5 aromatic rings. The van der Waals surface area contributed by atoms with Crippen molar-refractivity contribution in [1.29, 1.82) is 0 Å². The van der Waals surface area contributed by atoms with Crippen LogP contribution in [0.5, 0.6) is 11.5 Å². The van der Waals surface area contributed by atoms with Crippen molar-refractivity contribution in [1.82, 2.24) is 14.6 Å². The molecule has 4 N–H and O–H groups in total. The summed E-state index contributed by atoms with van der Waals surface area (Å²) in [4.78, 5) is 51.0. The number of nitrogens with zero attached hydrogens (tertiary/aromatic N) is 3. The molecule has 4 aromatic carbocycles. The molecule has 2 aliphatic heterocycles. The molecule has 1 unspecified atom stereocenters. The molecule has 4 atom stereocenters. The number of aryl methyl sites for hydroxylation is 1. The maximum absolute atomic E-state index is 14.5. The van der Waals surface area contributed by atoms with Crippen LogP contribution in [0.3, 0.4) is 0 Å². The molecular weight excluding hydrogens is 692 g/mol. The number of imide groups is 1. The van der Waals surface area contributed by atoms with Gasteiger partial charge in [0.05, 0.1) is 37.4 Å². The summed E-state index contributed by atoms with van der Waals surface area (Å²) in [6.07, 6.45) is -3.17. The standard InChI is InChI=1S/C41H40N4O9/c1-4-11-24-20-27(41(25-12-7-5-8-13-25,26-14-9-6-10-15-26)30-17-16-28(51-2)22-31(30)52-3)21-29-34(24)38(49)45(37(29)48)54-36-32(23-46)53-39(35(36)47)44-19-18-33(42)43-40(44)50/h5-10,12-22,32,35-36,39,46-47H,4,11,23H2,1-3H3,(H2,42,43,50)/t32-,35-,36-,39?/m1/s1. The van der Waals surface area contributed by atoms with Gasteiger partial charge in [0.2, 0.25) is 0 Å². The summed E-state index contributed by atoms with van der Waals surface area (Å²) in [6.45, 7) is 1.33. The largest absolute Gasteiger partial charge is 0.497 e. The fourth-order valence-electron chi connectivity index (χ4n) is 7.62. The Bertz CT molecular complexity index is 2210. The zero-order valence-electron chi connectivity index (χ0n) is 29.9. The minimum Gasteiger partial charge on any atom is -0.497 e. The van der Waals surface area contributed by atoms with Crippen LogP contribution in [0.15, 0.2) is 108 Å². The van der Waals surface area contributed by atoms with Crippen molar-refractivity contribution in [3.05, 3.63) is 153 Å². The number of ether oxygens (including phenoxy) is 3. The van der Waals surface area contributed by atoms with Crippen LogP contribution < -0.4 is 20.9 Å². The van der Waals surface area contributed by atoms with E-state index in [9.17, 15) is 24.6 Å². The van der Waals surface area contributed by atoms with Gasteiger partial charge in [-0.25, -0.2) is 4.79 Å². The number of aliphatic hydroxyl groups is 2. The molecule has 1 fully saturated rings. The molecule has 0 bridgehead atoms. The van der Waals surface area contributed by atoms with E-state index < -0.39 is 54.1 Å². The van der Waals surface area contributed by atoms with E-state index in [2.05, 4.69) is 4.98 Å². The molecule has 3 heterocycles. The van der Waals surface area contributed by atoms with Crippen molar-refractivity contribution in [2.45, 2.75) is 49.7 Å². The highest BCUT2D eigenvalue weighted by molar-refractivity contribution is 6.21. The number of nitrogen functional groups attached to an aromatic ring is 1. The normalized spacial score (nSPS) is 19.6. The van der Waals surface area contributed by atoms with Crippen molar-refractivity contribution < 1.29 is 38.9 Å². The Hall–Kier alpha value is -5.86. The maximum atomic E-state index is 14.5. The Balaban J connectivity index is 1.39. The zero-order chi connectivity index (χ0) is 38.1. The average molecular weight is 733 g/mol. The van der Waals surface area contributed by atoms with Crippen LogP contribution >= 0.6 is 0 Å². The van der Waals surface area contributed by atoms with Gasteiger partial charge in [-0.2, -0.15) is 4.98 Å². The SMILES string of the molecule is CCCc1cc(C(c2ccccc2)(c2ccccc2)c2ccc(OC)cc2OC)cc2c1C(=O)N(O[C@@H]1[C@@H](CO)OC(n3ccc(N)nc3=O)[C@@H]1O)C2=O. The molecular formula is C41H40N4O9. The molecule has 54 heavy (non-hydrogen) atoms. The van der Waals surface area contributed by atoms with Crippen molar-refractivity contribution in [2.24, 2.45) is 0 Å². The average Bonchev–Trinajstić information content (AvgIpc) is 3.63. The first-order valence-corrected chi connectivity index (χ1v) is 17.5. The molecule has 0 saturated carbocycles. The van der Waals surface area contributed by atoms with Crippen LogP contribution in [0.4, 0.5) is 5.82 Å². The third kappa shape index (κ3) is 6.00. The molecule has 1 saturated heterocycles. The fourth-order valence-corrected chi connectivity index (χ4v) is 7.62. The molecule has 13 nitrogen and oxygen atoms in total. The molecule has 2 amide bonds. The van der Waals surface area contributed by atoms with Gasteiger partial charge in [-0.05, 0) is 46.9 Å². The first-order valence-electron chi connectivity index (χ1n) is 17.5. The van der Waals surface area contributed by atoms with Crippen molar-refractivity contribution >= 4 is 17.6 Å². The van der Waals surface area contributed by atoms with E-state index in [4.69, 9.17) is 24.8 Å². The maximum Gasteiger partial charge on any atom is 0.351 e. The highest BCUT2D eigenvalue weighted by Gasteiger charge is 2.51. The first-order chi connectivity index (χ1) is 26.2. The third-order valence-corrected chi connectivity index (χ3v) is 10.1. The first kappa shape index (κ1) is 36.5. The van der Waals surface area contributed by atoms with Gasteiger partial charge < -0.3 is 30.2 Å². The van der Waals surface area contributed by atoms with Crippen LogP contribution in [0.1, 0.15) is 68.1 Å². The predicted octanol–water partition coefficient (Wildman–Crippen LogP) is 4.02. The number of rotatable bonds is 12. The van der Waals surface area contributed by atoms with E-state index in [-0.39, 0.29) is 16.9 Å². The Morgan fingerprint density at radius 2 is 1.56 bits per heavy atom. The minimum atomic E-state index is -1.59. The number of carbonyl (C=O) groups excluding carboxylic acids is 2. The number of nitrogens with two attached hydrogens (primary N) is 1. The number of benzene rings is 4. The number of anilines is 1. The lowest BCUT2D eigenvalue weighted by molar-refractivity contribution is -0.170. The molecule has 278 valence electrons. The van der Waals surface area contributed by atoms with E-state index in [0.717, 1.165) is 21.3 Å². The molecule has 13 heteroatoms. The van der Waals surface area contributed by atoms with Crippen molar-refractivity contribution in [3.63, 3.8) is 0 Å². The van der Waals surface area contributed by atoms with Gasteiger partial charge in [-0.1, -0.05) is 86.1 Å². The Morgan fingerprint density at radius 1 is 0.870 bits per heavy atom. The highest BCUT2D eigenvalue weighted by atomic mass is 16.7. The van der Waals surface area contributed by atoms with E-state index in [0.29, 0.717) is 40.5 Å². The summed E-state index contributed by atoms with van der Waals surface area (Å²) in [7, 11) is 3.17. The molecule has 7 rings (SSSR count). The van der Waals surface area contributed by atoms with Gasteiger partial charge in [0.25, 0.3) is 11.8 Å². The number of aliphatic hydroxyl groups excluding tert-OH is 2. The molecule has 0 aliphatic carbocycles. The van der Waals surface area contributed by atoms with Crippen LogP contribution in [0.2, 0.25) is 0 Å². The van der Waals surface area contributed by atoms with Gasteiger partial charge in [0, 0.05) is 17.8 Å². The molecule has 0 radical (unpaired) electrons. The van der Waals surface area contributed by atoms with Crippen LogP contribution in [0, 0.1) is 0 Å². The monoisotopic (exact) mass is 732 g/mol. The van der Waals surface area contributed by atoms with Crippen molar-refractivity contribution in [3.8, 4) is 11.5 Å². The smallest absolute Gasteiger partial charge is 0.351 e. The van der Waals surface area contributed by atoms with Gasteiger partial charge in [0.15, 0.2) is 6.23 Å². The van der Waals surface area contributed by atoms with E-state index in [1.165, 1.54) is 12.3 Å². The number of amides is 2. The van der Waals surface area contributed by atoms with Gasteiger partial charge in [-0.15, -0.1) is 5.06 Å². The van der Waals surface area contributed by atoms with Crippen LogP contribution in [0.25, 0.3) is 0 Å². The quantitative estimate of drug-likeness (QED) is 0.125. The second-order valence-corrected chi connectivity index (χ2v) is 13.1. The number of hydroxylamine groups is 2. The number of methoxy groups -OCH3 is 2. The topological polar surface area (TPSA) is 176 Å². The Labute approximate surface area is 311 Å². The molecule has 2 aliphatic rings. The summed E-state index contributed by atoms with van der Waals surface area (Å²) in [6, 6.07) is 30.3. The van der Waals surface area contributed by atoms with Crippen LogP contribution in [-0.4, -0.2) is 75.8 Å². The lowest BCUT2D eigenvalue weighted by atomic mass is 9.64. The number of aromatic nitrogens is 2. The predicted molar refractivity (Wildman–Crippen MR) is 197 cm³/mol. The van der Waals surface area contributed by atoms with Crippen LogP contribution in [-0.2, 0) is 21.4 Å². The number of hydrogen-bond donors (Lipinski definition) is 3. The Morgan fingerprint density at radius 3 is 2.15 bits per heavy atom. The summed E-state index contributed by atoms with van der Waals surface area (Å²) in [5.74, 6) is -0.376. The zero-order valence-corrected chi connectivity index (χ0v) is 29.9. The summed E-state index contributed by atoms with van der Waals surface area (Å²) < 4.78 is 18.4. The summed E-state index contributed by atoms with van der Waals surface area (Å²) in [5.41, 5.74) is 7.88. The lowest BCUT2D eigenvalue weighted by Crippen LogP contribution is -2.44. The number of fused-ring (bicyclic) bond motifs is 1. The summed E-state index contributed by atoms with van der Waals surface area (Å²) >= 11 is 0. The molecule has 0 spiro atoms. The Kier molecular flexibility index (Phi) is 10.1. The second-order valence-electron chi connectivity index (χ2n) is 13.1. The van der Waals surface area contributed by atoms with Crippen molar-refractivity contribution in [2.75, 3.05) is 26.6 Å². The van der Waals surface area contributed by atoms with Gasteiger partial charge in [0.1, 0.15) is 35.6 Å².